The fourth-order valence-corrected chi connectivity index (χ4v) is 5.59. The molecule has 2 amide bonds. The smallest absolute Gasteiger partial charge is 0.254 e. The van der Waals surface area contributed by atoms with Crippen molar-refractivity contribution in [1.82, 2.24) is 9.80 Å². The van der Waals surface area contributed by atoms with Gasteiger partial charge in [-0.3, -0.25) is 9.59 Å². The molecule has 0 fully saturated rings. The van der Waals surface area contributed by atoms with Gasteiger partial charge in [0.05, 0.1) is 6.04 Å². The first-order valence-electron chi connectivity index (χ1n) is 12.4. The van der Waals surface area contributed by atoms with Crippen LogP contribution in [0.5, 0.6) is 17.2 Å². The van der Waals surface area contributed by atoms with Crippen molar-refractivity contribution in [3.05, 3.63) is 75.7 Å². The number of carbonyl (C=O) groups is 2. The van der Waals surface area contributed by atoms with Crippen molar-refractivity contribution >= 4 is 23.2 Å². The molecule has 0 radical (unpaired) electrons. The summed E-state index contributed by atoms with van der Waals surface area (Å²) in [6, 6.07) is 12.5. The number of benzene rings is 2. The Morgan fingerprint density at radius 1 is 1.16 bits per heavy atom. The lowest BCUT2D eigenvalue weighted by Gasteiger charge is -2.38. The van der Waals surface area contributed by atoms with E-state index in [0.717, 1.165) is 12.0 Å². The molecule has 37 heavy (non-hydrogen) atoms. The summed E-state index contributed by atoms with van der Waals surface area (Å²) in [6.45, 7) is 4.79. The first-order chi connectivity index (χ1) is 17.9. The minimum Gasteiger partial charge on any atom is -0.491 e. The number of ether oxygens (including phenoxy) is 3. The van der Waals surface area contributed by atoms with E-state index < -0.39 is 0 Å². The molecule has 0 bridgehead atoms. The molecule has 2 aliphatic rings. The molecule has 2 atom stereocenters. The fraction of sp³-hybridized carbons (Fsp3) is 0.357. The molecule has 0 spiro atoms. The zero-order valence-electron chi connectivity index (χ0n) is 20.8. The van der Waals surface area contributed by atoms with Gasteiger partial charge in [-0.15, -0.1) is 11.3 Å². The van der Waals surface area contributed by atoms with Crippen LogP contribution in [0.25, 0.3) is 0 Å². The zero-order chi connectivity index (χ0) is 25.9. The number of nitrogens with zero attached hydrogens (tertiary/aromatic N) is 2. The van der Waals surface area contributed by atoms with Crippen molar-refractivity contribution in [3.63, 3.8) is 0 Å². The van der Waals surface area contributed by atoms with Gasteiger partial charge in [0.1, 0.15) is 24.7 Å². The third-order valence-electron chi connectivity index (χ3n) is 6.95. The highest BCUT2D eigenvalue weighted by Gasteiger charge is 2.34. The van der Waals surface area contributed by atoms with E-state index >= 15 is 0 Å². The molecule has 194 valence electrons. The molecule has 9 heteroatoms. The third-order valence-corrected chi connectivity index (χ3v) is 7.94. The Bertz CT molecular complexity index is 1280. The molecule has 2 aliphatic heterocycles. The Hall–Kier alpha value is -3.59. The number of fused-ring (bicyclic) bond motifs is 2. The highest BCUT2D eigenvalue weighted by molar-refractivity contribution is 7.10. The summed E-state index contributed by atoms with van der Waals surface area (Å²) in [7, 11) is 0. The van der Waals surface area contributed by atoms with E-state index in [4.69, 9.17) is 14.2 Å². The second-order valence-corrected chi connectivity index (χ2v) is 10.2. The van der Waals surface area contributed by atoms with E-state index in [1.165, 1.54) is 17.0 Å². The summed E-state index contributed by atoms with van der Waals surface area (Å²) in [5.74, 6) is 0.966. The average molecular weight is 525 g/mol. The Kier molecular flexibility index (Phi) is 7.32. The lowest BCUT2D eigenvalue weighted by Crippen LogP contribution is -2.49. The van der Waals surface area contributed by atoms with Gasteiger partial charge in [-0.05, 0) is 79.2 Å². The Balaban J connectivity index is 1.35. The monoisotopic (exact) mass is 524 g/mol. The standard InChI is InChI=1S/C28H29FN2O5S/c1-3-18(2)31(28(33)19-4-9-24-25(14-19)36-17-35-24)15-27(32)30-12-10-26-22(11-13-37-26)23(30)16-34-21-7-5-20(29)6-8-21/h4-9,11,13-14,18,23H,3,10,12,15-17H2,1-2H3. The first-order valence-corrected chi connectivity index (χ1v) is 13.3. The van der Waals surface area contributed by atoms with Gasteiger partial charge in [0.15, 0.2) is 11.5 Å². The molecule has 0 N–H and O–H groups in total. The molecule has 2 unspecified atom stereocenters. The Morgan fingerprint density at radius 2 is 1.95 bits per heavy atom. The molecule has 2 aromatic carbocycles. The van der Waals surface area contributed by atoms with Gasteiger partial charge < -0.3 is 24.0 Å². The predicted molar refractivity (Wildman–Crippen MR) is 138 cm³/mol. The predicted octanol–water partition coefficient (Wildman–Crippen LogP) is 5.06. The molecule has 1 aromatic heterocycles. The van der Waals surface area contributed by atoms with Gasteiger partial charge in [0.2, 0.25) is 12.7 Å². The molecule has 5 rings (SSSR count). The normalized spacial score (nSPS) is 16.7. The lowest BCUT2D eigenvalue weighted by molar-refractivity contribution is -0.136. The summed E-state index contributed by atoms with van der Waals surface area (Å²) >= 11 is 1.67. The number of rotatable bonds is 8. The van der Waals surface area contributed by atoms with Crippen LogP contribution in [0.3, 0.4) is 0 Å². The van der Waals surface area contributed by atoms with Crippen LogP contribution < -0.4 is 14.2 Å². The fourth-order valence-electron chi connectivity index (χ4n) is 4.66. The minimum atomic E-state index is -0.334. The quantitative estimate of drug-likeness (QED) is 0.412. The van der Waals surface area contributed by atoms with Gasteiger partial charge in [-0.25, -0.2) is 4.39 Å². The second-order valence-electron chi connectivity index (χ2n) is 9.18. The van der Waals surface area contributed by atoms with Crippen LogP contribution in [0.1, 0.15) is 47.1 Å². The summed E-state index contributed by atoms with van der Waals surface area (Å²) in [4.78, 5) is 31.9. The van der Waals surface area contributed by atoms with Gasteiger partial charge in [-0.1, -0.05) is 6.92 Å². The highest BCUT2D eigenvalue weighted by atomic mass is 32.1. The Morgan fingerprint density at radius 3 is 2.73 bits per heavy atom. The van der Waals surface area contributed by atoms with Crippen LogP contribution in [0, 0.1) is 5.82 Å². The maximum absolute atomic E-state index is 13.7. The van der Waals surface area contributed by atoms with Crippen molar-refractivity contribution in [2.24, 2.45) is 0 Å². The summed E-state index contributed by atoms with van der Waals surface area (Å²) in [5.41, 5.74) is 1.51. The lowest BCUT2D eigenvalue weighted by atomic mass is 10.00. The van der Waals surface area contributed by atoms with Crippen LogP contribution in [-0.2, 0) is 11.2 Å². The zero-order valence-corrected chi connectivity index (χ0v) is 21.6. The van der Waals surface area contributed by atoms with E-state index in [1.807, 2.05) is 25.3 Å². The maximum Gasteiger partial charge on any atom is 0.254 e. The van der Waals surface area contributed by atoms with Crippen molar-refractivity contribution < 1.29 is 28.2 Å². The van der Waals surface area contributed by atoms with Crippen LogP contribution in [0.4, 0.5) is 4.39 Å². The molecule has 0 saturated heterocycles. The summed E-state index contributed by atoms with van der Waals surface area (Å²) < 4.78 is 30.1. The van der Waals surface area contributed by atoms with Gasteiger partial charge in [0.25, 0.3) is 5.91 Å². The van der Waals surface area contributed by atoms with E-state index in [2.05, 4.69) is 0 Å². The topological polar surface area (TPSA) is 68.3 Å². The maximum atomic E-state index is 13.7. The van der Waals surface area contributed by atoms with Crippen molar-refractivity contribution in [1.29, 1.82) is 0 Å². The average Bonchev–Trinajstić information content (AvgIpc) is 3.59. The van der Waals surface area contributed by atoms with Crippen molar-refractivity contribution in [2.45, 2.75) is 38.8 Å². The molecule has 0 aliphatic carbocycles. The van der Waals surface area contributed by atoms with Crippen molar-refractivity contribution in [3.8, 4) is 17.2 Å². The number of halogens is 1. The van der Waals surface area contributed by atoms with E-state index in [0.29, 0.717) is 35.8 Å². The number of amides is 2. The SMILES string of the molecule is CCC(C)N(CC(=O)N1CCc2sccc2C1COc1ccc(F)cc1)C(=O)c1ccc2c(c1)OCO2. The van der Waals surface area contributed by atoms with E-state index in [1.54, 1.807) is 51.5 Å². The van der Waals surface area contributed by atoms with Crippen LogP contribution in [0.2, 0.25) is 0 Å². The van der Waals surface area contributed by atoms with Crippen LogP contribution in [0.15, 0.2) is 53.9 Å². The number of hydrogen-bond donors (Lipinski definition) is 0. The number of carbonyl (C=O) groups excluding carboxylic acids is 2. The van der Waals surface area contributed by atoms with Gasteiger partial charge in [0, 0.05) is 23.0 Å². The van der Waals surface area contributed by atoms with Crippen molar-refractivity contribution in [2.75, 3.05) is 26.5 Å². The minimum absolute atomic E-state index is 0.0468. The van der Waals surface area contributed by atoms with Crippen LogP contribution in [-0.4, -0.2) is 54.1 Å². The number of hydrogen-bond acceptors (Lipinski definition) is 6. The van der Waals surface area contributed by atoms with Gasteiger partial charge in [-0.2, -0.15) is 0 Å². The van der Waals surface area contributed by atoms with Gasteiger partial charge >= 0.3 is 0 Å². The van der Waals surface area contributed by atoms with Crippen LogP contribution >= 0.6 is 11.3 Å². The Labute approximate surface area is 219 Å². The van der Waals surface area contributed by atoms with E-state index in [-0.39, 0.29) is 49.7 Å². The molecule has 3 heterocycles. The summed E-state index contributed by atoms with van der Waals surface area (Å²) in [5, 5.41) is 2.03. The molecule has 0 saturated carbocycles. The molecular formula is C28H29FN2O5S. The first kappa shape index (κ1) is 25.1. The highest BCUT2D eigenvalue weighted by Crippen LogP contribution is 2.35. The number of thiophene rings is 1. The van der Waals surface area contributed by atoms with E-state index in [9.17, 15) is 14.0 Å². The molecule has 7 nitrogen and oxygen atoms in total. The third kappa shape index (κ3) is 5.27. The largest absolute Gasteiger partial charge is 0.491 e. The summed E-state index contributed by atoms with van der Waals surface area (Å²) in [6.07, 6.45) is 1.46. The molecular weight excluding hydrogens is 495 g/mol. The molecule has 3 aromatic rings. The second kappa shape index (κ2) is 10.8.